The van der Waals surface area contributed by atoms with Crippen molar-refractivity contribution in [3.05, 3.63) is 58.8 Å². The Balaban J connectivity index is 1.49. The van der Waals surface area contributed by atoms with Crippen LogP contribution in [0, 0.1) is 0 Å². The number of phenolic OH excluding ortho intramolecular Hbond substituents is 1. The maximum atomic E-state index is 11.8. The number of nitrogens with zero attached hydrogens (tertiary/aromatic N) is 5. The molecule has 10 heteroatoms. The van der Waals surface area contributed by atoms with Gasteiger partial charge >= 0.3 is 0 Å². The molecule has 0 aliphatic heterocycles. The zero-order valence-corrected chi connectivity index (χ0v) is 14.9. The van der Waals surface area contributed by atoms with Gasteiger partial charge in [0, 0.05) is 10.0 Å². The van der Waals surface area contributed by atoms with Gasteiger partial charge in [-0.2, -0.15) is 5.10 Å². The van der Waals surface area contributed by atoms with Gasteiger partial charge in [-0.1, -0.05) is 15.9 Å². The average Bonchev–Trinajstić information content (AvgIpc) is 3.18. The second-order valence-corrected chi connectivity index (χ2v) is 5.95. The topological polar surface area (TPSA) is 115 Å². The van der Waals surface area contributed by atoms with Crippen LogP contribution in [0.5, 0.6) is 11.5 Å². The highest BCUT2D eigenvalue weighted by atomic mass is 79.9. The summed E-state index contributed by atoms with van der Waals surface area (Å²) in [7, 11) is 0. The van der Waals surface area contributed by atoms with Crippen LogP contribution < -0.4 is 10.2 Å². The second kappa shape index (κ2) is 8.21. The van der Waals surface area contributed by atoms with E-state index in [4.69, 9.17) is 4.74 Å². The van der Waals surface area contributed by atoms with Crippen LogP contribution in [0.1, 0.15) is 5.56 Å². The number of amides is 1. The van der Waals surface area contributed by atoms with Gasteiger partial charge in [0.25, 0.3) is 5.91 Å². The van der Waals surface area contributed by atoms with E-state index in [9.17, 15) is 9.90 Å². The van der Waals surface area contributed by atoms with Crippen molar-refractivity contribution in [2.75, 3.05) is 6.61 Å². The van der Waals surface area contributed by atoms with Gasteiger partial charge in [-0.05, 0) is 52.9 Å². The van der Waals surface area contributed by atoms with Gasteiger partial charge in [0.2, 0.25) is 0 Å². The summed E-state index contributed by atoms with van der Waals surface area (Å²) < 4.78 is 7.67. The molecule has 3 rings (SSSR count). The van der Waals surface area contributed by atoms with E-state index in [1.807, 2.05) is 0 Å². The summed E-state index contributed by atoms with van der Waals surface area (Å²) in [6.45, 7) is -0.202. The van der Waals surface area contributed by atoms with Crippen molar-refractivity contribution in [2.45, 2.75) is 0 Å². The lowest BCUT2D eigenvalue weighted by Gasteiger charge is -2.06. The highest BCUT2D eigenvalue weighted by Gasteiger charge is 2.04. The number of halogens is 1. The SMILES string of the molecule is O=C(COc1ccc(-n2cnnn2)cc1)N/N=C\c1cc(Br)ccc1O. The van der Waals surface area contributed by atoms with Gasteiger partial charge in [0.15, 0.2) is 6.61 Å². The van der Waals surface area contributed by atoms with Gasteiger partial charge in [0.05, 0.1) is 11.9 Å². The normalized spacial score (nSPS) is 10.8. The number of nitrogens with one attached hydrogen (secondary N) is 1. The Hall–Kier alpha value is -3.27. The number of hydrogen-bond donors (Lipinski definition) is 2. The van der Waals surface area contributed by atoms with Crippen molar-refractivity contribution in [3.63, 3.8) is 0 Å². The van der Waals surface area contributed by atoms with Crippen LogP contribution >= 0.6 is 15.9 Å². The number of hydrogen-bond acceptors (Lipinski definition) is 7. The van der Waals surface area contributed by atoms with E-state index in [2.05, 4.69) is 42.0 Å². The van der Waals surface area contributed by atoms with Crippen molar-refractivity contribution in [1.82, 2.24) is 25.6 Å². The molecule has 0 saturated carbocycles. The lowest BCUT2D eigenvalue weighted by molar-refractivity contribution is -0.123. The molecule has 2 N–H and O–H groups in total. The molecule has 1 aromatic heterocycles. The number of hydrazone groups is 1. The molecule has 9 nitrogen and oxygen atoms in total. The first-order chi connectivity index (χ1) is 12.6. The van der Waals surface area contributed by atoms with Crippen molar-refractivity contribution in [3.8, 4) is 17.2 Å². The molecule has 0 aliphatic rings. The smallest absolute Gasteiger partial charge is 0.277 e. The van der Waals surface area contributed by atoms with E-state index < -0.39 is 5.91 Å². The summed E-state index contributed by atoms with van der Waals surface area (Å²) in [6, 6.07) is 11.8. The van der Waals surface area contributed by atoms with E-state index >= 15 is 0 Å². The Morgan fingerprint density at radius 2 is 2.12 bits per heavy atom. The minimum Gasteiger partial charge on any atom is -0.507 e. The number of carbonyl (C=O) groups excluding carboxylic acids is 1. The highest BCUT2D eigenvalue weighted by molar-refractivity contribution is 9.10. The molecular formula is C16H13BrN6O3. The van der Waals surface area contributed by atoms with Crippen molar-refractivity contribution < 1.29 is 14.6 Å². The first kappa shape index (κ1) is 17.5. The molecule has 0 atom stereocenters. The van der Waals surface area contributed by atoms with Gasteiger partial charge < -0.3 is 9.84 Å². The van der Waals surface area contributed by atoms with Crippen LogP contribution in [0.25, 0.3) is 5.69 Å². The highest BCUT2D eigenvalue weighted by Crippen LogP contribution is 2.20. The quantitative estimate of drug-likeness (QED) is 0.466. The van der Waals surface area contributed by atoms with Crippen LogP contribution in [0.15, 0.2) is 58.4 Å². The Morgan fingerprint density at radius 1 is 1.31 bits per heavy atom. The summed E-state index contributed by atoms with van der Waals surface area (Å²) in [6.07, 6.45) is 2.82. The molecule has 3 aromatic rings. The second-order valence-electron chi connectivity index (χ2n) is 5.03. The number of aromatic hydroxyl groups is 1. The minimum atomic E-state index is -0.430. The molecule has 1 heterocycles. The Kier molecular flexibility index (Phi) is 5.54. The zero-order valence-electron chi connectivity index (χ0n) is 13.3. The van der Waals surface area contributed by atoms with Crippen molar-refractivity contribution in [1.29, 1.82) is 0 Å². The zero-order chi connectivity index (χ0) is 18.4. The molecule has 0 unspecified atom stereocenters. The first-order valence-electron chi connectivity index (χ1n) is 7.38. The fraction of sp³-hybridized carbons (Fsp3) is 0.0625. The van der Waals surface area contributed by atoms with Gasteiger partial charge in [-0.25, -0.2) is 10.1 Å². The summed E-state index contributed by atoms with van der Waals surface area (Å²) in [5.41, 5.74) is 3.57. The molecule has 1 amide bonds. The maximum absolute atomic E-state index is 11.8. The maximum Gasteiger partial charge on any atom is 0.277 e. The van der Waals surface area contributed by atoms with E-state index in [0.717, 1.165) is 10.2 Å². The largest absolute Gasteiger partial charge is 0.507 e. The Labute approximate surface area is 156 Å². The monoisotopic (exact) mass is 416 g/mol. The average molecular weight is 417 g/mol. The predicted molar refractivity (Wildman–Crippen MR) is 96.2 cm³/mol. The van der Waals surface area contributed by atoms with Crippen molar-refractivity contribution >= 4 is 28.1 Å². The summed E-state index contributed by atoms with van der Waals surface area (Å²) >= 11 is 3.29. The van der Waals surface area contributed by atoms with Gasteiger partial charge in [0.1, 0.15) is 17.8 Å². The van der Waals surface area contributed by atoms with E-state index in [1.165, 1.54) is 23.3 Å². The summed E-state index contributed by atoms with van der Waals surface area (Å²) in [4.78, 5) is 11.8. The number of phenols is 1. The molecule has 0 saturated heterocycles. The van der Waals surface area contributed by atoms with Crippen LogP contribution in [-0.2, 0) is 4.79 Å². The number of tetrazole rings is 1. The third-order valence-corrected chi connectivity index (χ3v) is 3.70. The number of benzene rings is 2. The third kappa shape index (κ3) is 4.63. The van der Waals surface area contributed by atoms with E-state index in [0.29, 0.717) is 11.3 Å². The van der Waals surface area contributed by atoms with Crippen LogP contribution in [0.3, 0.4) is 0 Å². The minimum absolute atomic E-state index is 0.0603. The fourth-order valence-corrected chi connectivity index (χ4v) is 2.34. The van der Waals surface area contributed by atoms with Crippen molar-refractivity contribution in [2.24, 2.45) is 5.10 Å². The summed E-state index contributed by atoms with van der Waals surface area (Å²) in [5.74, 6) is 0.149. The number of rotatable bonds is 6. The molecule has 0 bridgehead atoms. The number of aromatic nitrogens is 4. The Bertz CT molecular complexity index is 912. The van der Waals surface area contributed by atoms with Crippen LogP contribution in [-0.4, -0.2) is 44.0 Å². The first-order valence-corrected chi connectivity index (χ1v) is 8.18. The van der Waals surface area contributed by atoms with Crippen LogP contribution in [0.4, 0.5) is 0 Å². The molecule has 0 aliphatic carbocycles. The molecule has 2 aromatic carbocycles. The lowest BCUT2D eigenvalue weighted by Crippen LogP contribution is -2.24. The van der Waals surface area contributed by atoms with Gasteiger partial charge in [-0.15, -0.1) is 5.10 Å². The molecular weight excluding hydrogens is 404 g/mol. The molecule has 0 spiro atoms. The molecule has 132 valence electrons. The van der Waals surface area contributed by atoms with Gasteiger partial charge in [-0.3, -0.25) is 4.79 Å². The fourth-order valence-electron chi connectivity index (χ4n) is 1.96. The van der Waals surface area contributed by atoms with E-state index in [-0.39, 0.29) is 12.4 Å². The third-order valence-electron chi connectivity index (χ3n) is 3.20. The summed E-state index contributed by atoms with van der Waals surface area (Å²) in [5, 5.41) is 24.4. The van der Waals surface area contributed by atoms with Crippen LogP contribution in [0.2, 0.25) is 0 Å². The standard InChI is InChI=1S/C16H13BrN6O3/c17-12-1-6-15(24)11(7-12)8-18-20-16(25)9-26-14-4-2-13(3-5-14)23-10-19-21-22-23/h1-8,10,24H,9H2,(H,20,25)/b18-8-. The number of ether oxygens (including phenoxy) is 1. The predicted octanol–water partition coefficient (Wildman–Crippen LogP) is 1.66. The van der Waals surface area contributed by atoms with E-state index in [1.54, 1.807) is 36.4 Å². The number of carbonyl (C=O) groups is 1. The molecule has 26 heavy (non-hydrogen) atoms. The Morgan fingerprint density at radius 3 is 2.85 bits per heavy atom. The lowest BCUT2D eigenvalue weighted by atomic mass is 10.2. The molecule has 0 radical (unpaired) electrons. The molecule has 0 fully saturated rings.